The highest BCUT2D eigenvalue weighted by molar-refractivity contribution is 5.66. The van der Waals surface area contributed by atoms with E-state index in [0.717, 1.165) is 6.42 Å². The first-order valence-corrected chi connectivity index (χ1v) is 4.73. The van der Waals surface area contributed by atoms with Crippen molar-refractivity contribution in [3.63, 3.8) is 0 Å². The number of ether oxygens (including phenoxy) is 1. The summed E-state index contributed by atoms with van der Waals surface area (Å²) in [4.78, 5) is 10.3. The molecule has 14 heavy (non-hydrogen) atoms. The van der Waals surface area contributed by atoms with Crippen LogP contribution in [-0.2, 0) is 9.53 Å². The largest absolute Gasteiger partial charge is 0.481 e. The van der Waals surface area contributed by atoms with E-state index in [0.29, 0.717) is 19.3 Å². The van der Waals surface area contributed by atoms with Gasteiger partial charge < -0.3 is 9.84 Å². The minimum Gasteiger partial charge on any atom is -0.481 e. The molecule has 1 rings (SSSR count). The normalized spacial score (nSPS) is 27.1. The predicted molar refractivity (Wildman–Crippen MR) is 45.1 cm³/mol. The highest BCUT2D eigenvalue weighted by Gasteiger charge is 2.27. The number of halogens is 2. The number of carboxylic acid groups (broad SMARTS) is 1. The maximum Gasteiger partial charge on any atom is 0.345 e. The van der Waals surface area contributed by atoms with Gasteiger partial charge in [0, 0.05) is 6.42 Å². The Hall–Kier alpha value is -0.710. The highest BCUT2D eigenvalue weighted by atomic mass is 19.3. The minimum atomic E-state index is -2.71. The van der Waals surface area contributed by atoms with E-state index in [4.69, 9.17) is 5.11 Å². The lowest BCUT2D eigenvalue weighted by molar-refractivity contribution is -0.161. The fourth-order valence-electron chi connectivity index (χ4n) is 1.89. The molecule has 5 heteroatoms. The number of alkyl halides is 2. The molecule has 0 amide bonds. The molecular formula is C9H14F2O3. The number of aliphatic carboxylic acids is 1. The molecule has 0 aromatic heterocycles. The van der Waals surface area contributed by atoms with Gasteiger partial charge in [0.05, 0.1) is 6.10 Å². The Balaban J connectivity index is 2.17. The van der Waals surface area contributed by atoms with Crippen LogP contribution in [0.25, 0.3) is 0 Å². The molecule has 0 heterocycles. The van der Waals surface area contributed by atoms with Crippen LogP contribution in [0.2, 0.25) is 0 Å². The lowest BCUT2D eigenvalue weighted by Crippen LogP contribution is -2.12. The van der Waals surface area contributed by atoms with Gasteiger partial charge in [-0.25, -0.2) is 0 Å². The number of hydrogen-bond acceptors (Lipinski definition) is 2. The van der Waals surface area contributed by atoms with Crippen molar-refractivity contribution in [1.82, 2.24) is 0 Å². The van der Waals surface area contributed by atoms with Gasteiger partial charge in [0.25, 0.3) is 0 Å². The smallest absolute Gasteiger partial charge is 0.345 e. The number of hydrogen-bond donors (Lipinski definition) is 1. The minimum absolute atomic E-state index is 0.117. The third kappa shape index (κ3) is 4.00. The molecule has 1 aliphatic rings. The van der Waals surface area contributed by atoms with E-state index in [-0.39, 0.29) is 18.4 Å². The van der Waals surface area contributed by atoms with Gasteiger partial charge in [0.1, 0.15) is 0 Å². The second kappa shape index (κ2) is 5.24. The molecule has 0 bridgehead atoms. The standard InChI is InChI=1S/C9H14F2O3/c10-9(11)14-7-3-1-6(5-7)2-4-8(12)13/h6-7,9H,1-5H2,(H,12,13). The Bertz CT molecular complexity index is 196. The van der Waals surface area contributed by atoms with Crippen molar-refractivity contribution in [1.29, 1.82) is 0 Å². The molecule has 0 saturated heterocycles. The van der Waals surface area contributed by atoms with Crippen LogP contribution in [0, 0.1) is 5.92 Å². The van der Waals surface area contributed by atoms with Crippen molar-refractivity contribution < 1.29 is 23.4 Å². The van der Waals surface area contributed by atoms with E-state index < -0.39 is 12.6 Å². The third-order valence-electron chi connectivity index (χ3n) is 2.55. The van der Waals surface area contributed by atoms with Crippen LogP contribution in [-0.4, -0.2) is 23.8 Å². The van der Waals surface area contributed by atoms with Crippen LogP contribution >= 0.6 is 0 Å². The van der Waals surface area contributed by atoms with Crippen LogP contribution in [0.4, 0.5) is 8.78 Å². The summed E-state index contributed by atoms with van der Waals surface area (Å²) in [5, 5.41) is 8.43. The summed E-state index contributed by atoms with van der Waals surface area (Å²) in [6, 6.07) is 0. The number of carbonyl (C=O) groups is 1. The van der Waals surface area contributed by atoms with Crippen molar-refractivity contribution in [3.8, 4) is 0 Å². The molecule has 1 N–H and O–H groups in total. The SMILES string of the molecule is O=C(O)CCC1CCC(OC(F)F)C1. The van der Waals surface area contributed by atoms with E-state index in [1.165, 1.54) is 0 Å². The van der Waals surface area contributed by atoms with E-state index in [2.05, 4.69) is 4.74 Å². The lowest BCUT2D eigenvalue weighted by atomic mass is 10.0. The summed E-state index contributed by atoms with van der Waals surface area (Å²) in [7, 11) is 0. The molecule has 3 nitrogen and oxygen atoms in total. The van der Waals surface area contributed by atoms with E-state index in [1.54, 1.807) is 0 Å². The maximum absolute atomic E-state index is 11.8. The molecule has 2 atom stereocenters. The highest BCUT2D eigenvalue weighted by Crippen LogP contribution is 2.31. The van der Waals surface area contributed by atoms with Gasteiger partial charge in [-0.2, -0.15) is 8.78 Å². The zero-order valence-electron chi connectivity index (χ0n) is 7.79. The molecule has 0 radical (unpaired) electrons. The fourth-order valence-corrected chi connectivity index (χ4v) is 1.89. The Morgan fingerprint density at radius 2 is 2.21 bits per heavy atom. The summed E-state index contributed by atoms with van der Waals surface area (Å²) < 4.78 is 28.0. The fraction of sp³-hybridized carbons (Fsp3) is 0.889. The number of carboxylic acids is 1. The van der Waals surface area contributed by atoms with Gasteiger partial charge in [0.15, 0.2) is 0 Å². The molecule has 1 saturated carbocycles. The van der Waals surface area contributed by atoms with E-state index >= 15 is 0 Å². The van der Waals surface area contributed by atoms with Gasteiger partial charge in [-0.1, -0.05) is 0 Å². The molecule has 82 valence electrons. The van der Waals surface area contributed by atoms with E-state index in [9.17, 15) is 13.6 Å². The van der Waals surface area contributed by atoms with Crippen molar-refractivity contribution in [2.24, 2.45) is 5.92 Å². The molecule has 0 spiro atoms. The molecule has 1 aliphatic carbocycles. The van der Waals surface area contributed by atoms with Crippen LogP contribution in [0.5, 0.6) is 0 Å². The average Bonchev–Trinajstić information content (AvgIpc) is 2.47. The van der Waals surface area contributed by atoms with Crippen molar-refractivity contribution in [2.45, 2.75) is 44.8 Å². The van der Waals surface area contributed by atoms with Crippen molar-refractivity contribution >= 4 is 5.97 Å². The molecular weight excluding hydrogens is 194 g/mol. The third-order valence-corrected chi connectivity index (χ3v) is 2.55. The molecule has 2 unspecified atom stereocenters. The summed E-state index contributed by atoms with van der Waals surface area (Å²) in [6.07, 6.45) is 2.29. The summed E-state index contributed by atoms with van der Waals surface area (Å²) in [5.74, 6) is -0.599. The second-order valence-corrected chi connectivity index (χ2v) is 3.63. The van der Waals surface area contributed by atoms with Gasteiger partial charge in [-0.05, 0) is 31.6 Å². The maximum atomic E-state index is 11.8. The van der Waals surface area contributed by atoms with Gasteiger partial charge in [-0.15, -0.1) is 0 Å². The molecule has 1 fully saturated rings. The van der Waals surface area contributed by atoms with Crippen molar-refractivity contribution in [2.75, 3.05) is 0 Å². The Morgan fingerprint density at radius 3 is 2.79 bits per heavy atom. The second-order valence-electron chi connectivity index (χ2n) is 3.63. The van der Waals surface area contributed by atoms with Gasteiger partial charge in [0.2, 0.25) is 0 Å². The van der Waals surface area contributed by atoms with Crippen molar-refractivity contribution in [3.05, 3.63) is 0 Å². The predicted octanol–water partition coefficient (Wildman–Crippen LogP) is 2.26. The first-order valence-electron chi connectivity index (χ1n) is 4.73. The molecule has 0 aromatic carbocycles. The lowest BCUT2D eigenvalue weighted by Gasteiger charge is -2.10. The first kappa shape index (κ1) is 11.4. The topological polar surface area (TPSA) is 46.5 Å². The van der Waals surface area contributed by atoms with Crippen LogP contribution in [0.15, 0.2) is 0 Å². The zero-order chi connectivity index (χ0) is 10.6. The molecule has 0 aliphatic heterocycles. The van der Waals surface area contributed by atoms with E-state index in [1.807, 2.05) is 0 Å². The Morgan fingerprint density at radius 1 is 1.50 bits per heavy atom. The monoisotopic (exact) mass is 208 g/mol. The van der Waals surface area contributed by atoms with Crippen LogP contribution in [0.1, 0.15) is 32.1 Å². The summed E-state index contributed by atoms with van der Waals surface area (Å²) in [6.45, 7) is -2.71. The first-order chi connectivity index (χ1) is 6.58. The quantitative estimate of drug-likeness (QED) is 0.753. The van der Waals surface area contributed by atoms with Gasteiger partial charge >= 0.3 is 12.6 Å². The van der Waals surface area contributed by atoms with Crippen LogP contribution in [0.3, 0.4) is 0 Å². The Kier molecular flexibility index (Phi) is 4.25. The van der Waals surface area contributed by atoms with Gasteiger partial charge in [-0.3, -0.25) is 4.79 Å². The Labute approximate surface area is 81.1 Å². The average molecular weight is 208 g/mol. The zero-order valence-corrected chi connectivity index (χ0v) is 7.79. The van der Waals surface area contributed by atoms with Crippen LogP contribution < -0.4 is 0 Å². The summed E-state index contributed by atoms with van der Waals surface area (Å²) in [5.41, 5.74) is 0. The molecule has 0 aromatic rings. The summed E-state index contributed by atoms with van der Waals surface area (Å²) >= 11 is 0. The number of rotatable bonds is 5.